The first-order valence-electron chi connectivity index (χ1n) is 7.17. The van der Waals surface area contributed by atoms with Crippen LogP contribution in [-0.2, 0) is 5.75 Å². The number of halogens is 1. The van der Waals surface area contributed by atoms with Crippen molar-refractivity contribution in [1.82, 2.24) is 10.1 Å². The van der Waals surface area contributed by atoms with Crippen LogP contribution in [0.5, 0.6) is 0 Å². The molecule has 2 N–H and O–H groups in total. The van der Waals surface area contributed by atoms with Gasteiger partial charge in [-0.05, 0) is 43.9 Å². The lowest BCUT2D eigenvalue weighted by Crippen LogP contribution is -2.25. The summed E-state index contributed by atoms with van der Waals surface area (Å²) in [4.78, 5) is 5.33. The lowest BCUT2D eigenvalue weighted by Gasteiger charge is -2.22. The van der Waals surface area contributed by atoms with Crippen LogP contribution in [0.25, 0.3) is 0 Å². The van der Waals surface area contributed by atoms with Gasteiger partial charge in [-0.1, -0.05) is 11.2 Å². The second-order valence-electron chi connectivity index (χ2n) is 5.41. The van der Waals surface area contributed by atoms with E-state index in [0.717, 1.165) is 36.5 Å². The molecule has 0 radical (unpaired) electrons. The lowest BCUT2D eigenvalue weighted by atomic mass is 9.86. The average Bonchev–Trinajstić information content (AvgIpc) is 2.95. The summed E-state index contributed by atoms with van der Waals surface area (Å²) in [6.07, 6.45) is 4.06. The molecule has 1 heterocycles. The number of aromatic nitrogens is 2. The molecule has 3 rings (SSSR count). The fraction of sp³-hybridized carbons (Fsp3) is 0.467. The van der Waals surface area contributed by atoms with E-state index in [9.17, 15) is 4.39 Å². The molecular weight excluding hydrogens is 289 g/mol. The summed E-state index contributed by atoms with van der Waals surface area (Å²) in [6.45, 7) is 0. The van der Waals surface area contributed by atoms with Crippen LogP contribution in [0, 0.1) is 5.82 Å². The van der Waals surface area contributed by atoms with Gasteiger partial charge in [0.1, 0.15) is 5.82 Å². The van der Waals surface area contributed by atoms with Gasteiger partial charge in [0.15, 0.2) is 5.82 Å². The van der Waals surface area contributed by atoms with Gasteiger partial charge in [0.05, 0.1) is 5.75 Å². The van der Waals surface area contributed by atoms with Crippen LogP contribution < -0.4 is 5.73 Å². The predicted octanol–water partition coefficient (Wildman–Crippen LogP) is 3.49. The first kappa shape index (κ1) is 14.5. The summed E-state index contributed by atoms with van der Waals surface area (Å²) in [5.74, 6) is 2.07. The zero-order chi connectivity index (χ0) is 14.7. The molecule has 2 aromatic rings. The average molecular weight is 307 g/mol. The molecule has 0 unspecified atom stereocenters. The van der Waals surface area contributed by atoms with Gasteiger partial charge in [0.25, 0.3) is 0 Å². The van der Waals surface area contributed by atoms with E-state index in [1.807, 2.05) is 6.07 Å². The van der Waals surface area contributed by atoms with Gasteiger partial charge in [-0.15, -0.1) is 11.8 Å². The summed E-state index contributed by atoms with van der Waals surface area (Å²) in [5.41, 5.74) is 5.90. The Bertz CT molecular complexity index is 596. The third-order valence-corrected chi connectivity index (χ3v) is 4.76. The molecule has 0 atom stereocenters. The number of hydrogen-bond donors (Lipinski definition) is 1. The third kappa shape index (κ3) is 3.83. The van der Waals surface area contributed by atoms with E-state index in [0.29, 0.717) is 23.5 Å². The summed E-state index contributed by atoms with van der Waals surface area (Å²) >= 11 is 1.50. The van der Waals surface area contributed by atoms with Gasteiger partial charge < -0.3 is 10.3 Å². The van der Waals surface area contributed by atoms with Crippen molar-refractivity contribution in [2.45, 2.75) is 48.3 Å². The van der Waals surface area contributed by atoms with Crippen LogP contribution in [0.15, 0.2) is 33.7 Å². The molecule has 0 aliphatic heterocycles. The number of benzene rings is 1. The Morgan fingerprint density at radius 2 is 2.10 bits per heavy atom. The lowest BCUT2D eigenvalue weighted by molar-refractivity contribution is 0.300. The van der Waals surface area contributed by atoms with Gasteiger partial charge in [0, 0.05) is 16.9 Å². The van der Waals surface area contributed by atoms with E-state index in [-0.39, 0.29) is 5.82 Å². The quantitative estimate of drug-likeness (QED) is 0.876. The highest BCUT2D eigenvalue weighted by atomic mass is 32.2. The van der Waals surface area contributed by atoms with Crippen LogP contribution in [-0.4, -0.2) is 16.2 Å². The minimum atomic E-state index is -0.229. The Labute approximate surface area is 127 Å². The van der Waals surface area contributed by atoms with Crippen LogP contribution >= 0.6 is 11.8 Å². The van der Waals surface area contributed by atoms with Crippen molar-refractivity contribution in [3.63, 3.8) is 0 Å². The first-order valence-corrected chi connectivity index (χ1v) is 8.15. The van der Waals surface area contributed by atoms with Crippen LogP contribution in [0.1, 0.15) is 43.3 Å². The highest BCUT2D eigenvalue weighted by Crippen LogP contribution is 2.31. The van der Waals surface area contributed by atoms with Gasteiger partial charge in [-0.25, -0.2) is 4.39 Å². The Kier molecular flexibility index (Phi) is 4.55. The van der Waals surface area contributed by atoms with E-state index >= 15 is 0 Å². The maximum atomic E-state index is 13.1. The van der Waals surface area contributed by atoms with Gasteiger partial charge in [0.2, 0.25) is 5.89 Å². The fourth-order valence-electron chi connectivity index (χ4n) is 2.56. The minimum absolute atomic E-state index is 0.229. The Hall–Kier alpha value is -1.40. The van der Waals surface area contributed by atoms with Crippen molar-refractivity contribution in [3.05, 3.63) is 41.8 Å². The summed E-state index contributed by atoms with van der Waals surface area (Å²) in [7, 11) is 0. The molecule has 1 fully saturated rings. The Balaban J connectivity index is 1.58. The number of rotatable bonds is 4. The van der Waals surface area contributed by atoms with Crippen molar-refractivity contribution in [2.24, 2.45) is 5.73 Å². The molecule has 0 amide bonds. The summed E-state index contributed by atoms with van der Waals surface area (Å²) in [5, 5.41) is 4.02. The molecule has 1 aliphatic rings. The molecule has 1 aromatic heterocycles. The van der Waals surface area contributed by atoms with E-state index in [1.165, 1.54) is 23.9 Å². The van der Waals surface area contributed by atoms with Gasteiger partial charge >= 0.3 is 0 Å². The summed E-state index contributed by atoms with van der Waals surface area (Å²) < 4.78 is 18.5. The second kappa shape index (κ2) is 6.58. The molecule has 0 bridgehead atoms. The van der Waals surface area contributed by atoms with Crippen LogP contribution in [0.2, 0.25) is 0 Å². The molecule has 21 heavy (non-hydrogen) atoms. The van der Waals surface area contributed by atoms with E-state index in [2.05, 4.69) is 10.1 Å². The number of nitrogens with zero attached hydrogens (tertiary/aromatic N) is 2. The third-order valence-electron chi connectivity index (χ3n) is 3.77. The predicted molar refractivity (Wildman–Crippen MR) is 79.4 cm³/mol. The van der Waals surface area contributed by atoms with Crippen molar-refractivity contribution in [3.8, 4) is 0 Å². The second-order valence-corrected chi connectivity index (χ2v) is 6.46. The molecule has 112 valence electrons. The molecular formula is C15H18FN3OS. The molecule has 1 saturated carbocycles. The van der Waals surface area contributed by atoms with Crippen molar-refractivity contribution >= 4 is 11.8 Å². The summed E-state index contributed by atoms with van der Waals surface area (Å²) in [6, 6.07) is 6.83. The van der Waals surface area contributed by atoms with Crippen molar-refractivity contribution < 1.29 is 8.91 Å². The molecule has 6 heteroatoms. The van der Waals surface area contributed by atoms with Crippen LogP contribution in [0.3, 0.4) is 0 Å². The first-order chi connectivity index (χ1) is 10.2. The normalized spacial score (nSPS) is 22.4. The molecule has 1 aliphatic carbocycles. The number of nitrogens with two attached hydrogens (primary N) is 1. The highest BCUT2D eigenvalue weighted by Gasteiger charge is 2.24. The molecule has 4 nitrogen and oxygen atoms in total. The van der Waals surface area contributed by atoms with E-state index in [1.54, 1.807) is 6.07 Å². The molecule has 1 aromatic carbocycles. The van der Waals surface area contributed by atoms with Crippen LogP contribution in [0.4, 0.5) is 4.39 Å². The highest BCUT2D eigenvalue weighted by molar-refractivity contribution is 7.98. The molecule has 0 saturated heterocycles. The topological polar surface area (TPSA) is 64.9 Å². The maximum Gasteiger partial charge on any atom is 0.229 e. The zero-order valence-electron chi connectivity index (χ0n) is 11.7. The number of hydrogen-bond acceptors (Lipinski definition) is 5. The Morgan fingerprint density at radius 3 is 2.86 bits per heavy atom. The van der Waals surface area contributed by atoms with Crippen molar-refractivity contribution in [2.75, 3.05) is 0 Å². The smallest absolute Gasteiger partial charge is 0.229 e. The SMILES string of the molecule is NC1CCC(c2nc(CSc3cccc(F)c3)no2)CC1. The van der Waals surface area contributed by atoms with Crippen molar-refractivity contribution in [1.29, 1.82) is 0 Å². The van der Waals surface area contributed by atoms with Gasteiger partial charge in [-0.2, -0.15) is 4.98 Å². The standard InChI is InChI=1S/C15H18FN3OS/c16-11-2-1-3-13(8-11)21-9-14-18-15(20-19-14)10-4-6-12(17)7-5-10/h1-3,8,10,12H,4-7,9,17H2. The zero-order valence-corrected chi connectivity index (χ0v) is 12.5. The van der Waals surface area contributed by atoms with Gasteiger partial charge in [-0.3, -0.25) is 0 Å². The Morgan fingerprint density at radius 1 is 1.29 bits per heavy atom. The van der Waals surface area contributed by atoms with E-state index < -0.39 is 0 Å². The minimum Gasteiger partial charge on any atom is -0.339 e. The fourth-order valence-corrected chi connectivity index (χ4v) is 3.35. The largest absolute Gasteiger partial charge is 0.339 e. The van der Waals surface area contributed by atoms with E-state index in [4.69, 9.17) is 10.3 Å². The number of thioether (sulfide) groups is 1. The monoisotopic (exact) mass is 307 g/mol. The molecule has 0 spiro atoms. The maximum absolute atomic E-state index is 13.1.